The summed E-state index contributed by atoms with van der Waals surface area (Å²) in [7, 11) is 1.58. The molecular weight excluding hydrogens is 342 g/mol. The predicted molar refractivity (Wildman–Crippen MR) is 86.7 cm³/mol. The number of hydrogen-bond donors (Lipinski definition) is 3. The van der Waals surface area contributed by atoms with Gasteiger partial charge in [-0.1, -0.05) is 27.5 Å². The van der Waals surface area contributed by atoms with Crippen LogP contribution < -0.4 is 16.4 Å². The van der Waals surface area contributed by atoms with Gasteiger partial charge < -0.3 is 16.4 Å². The third-order valence-electron chi connectivity index (χ3n) is 2.74. The fraction of sp³-hybridized carbons (Fsp3) is 0.0714. The number of nitrogen functional groups attached to an aromatic ring is 1. The normalized spacial score (nSPS) is 10.2. The molecule has 0 aliphatic heterocycles. The highest BCUT2D eigenvalue weighted by molar-refractivity contribution is 9.10. The first-order valence-electron chi connectivity index (χ1n) is 5.85. The van der Waals surface area contributed by atoms with Crippen LogP contribution in [0.25, 0.3) is 0 Å². The Morgan fingerprint density at radius 2 is 1.95 bits per heavy atom. The Balaban J connectivity index is 2.30. The molecule has 2 aromatic rings. The van der Waals surface area contributed by atoms with Crippen molar-refractivity contribution in [1.82, 2.24) is 5.32 Å². The minimum atomic E-state index is -0.177. The molecule has 0 bridgehead atoms. The molecule has 0 heterocycles. The lowest BCUT2D eigenvalue weighted by Gasteiger charge is -2.12. The molecule has 0 spiro atoms. The molecule has 0 atom stereocenters. The monoisotopic (exact) mass is 353 g/mol. The van der Waals surface area contributed by atoms with E-state index in [0.29, 0.717) is 22.0 Å². The van der Waals surface area contributed by atoms with Crippen molar-refractivity contribution in [2.75, 3.05) is 18.1 Å². The lowest BCUT2D eigenvalue weighted by atomic mass is 10.1. The van der Waals surface area contributed by atoms with Crippen molar-refractivity contribution in [3.05, 3.63) is 51.5 Å². The first kappa shape index (κ1) is 14.7. The molecule has 0 fully saturated rings. The molecule has 0 unspecified atom stereocenters. The maximum atomic E-state index is 11.5. The van der Waals surface area contributed by atoms with Crippen LogP contribution in [0.2, 0.25) is 5.02 Å². The van der Waals surface area contributed by atoms with Crippen molar-refractivity contribution in [1.29, 1.82) is 0 Å². The zero-order valence-electron chi connectivity index (χ0n) is 10.7. The maximum Gasteiger partial charge on any atom is 0.251 e. The highest BCUT2D eigenvalue weighted by Crippen LogP contribution is 2.31. The fourth-order valence-electron chi connectivity index (χ4n) is 1.70. The van der Waals surface area contributed by atoms with Gasteiger partial charge in [-0.2, -0.15) is 0 Å². The van der Waals surface area contributed by atoms with E-state index in [4.69, 9.17) is 17.3 Å². The number of halogens is 2. The first-order valence-corrected chi connectivity index (χ1v) is 7.02. The zero-order valence-corrected chi connectivity index (χ0v) is 13.0. The molecule has 0 radical (unpaired) electrons. The molecule has 0 aromatic heterocycles. The van der Waals surface area contributed by atoms with E-state index >= 15 is 0 Å². The van der Waals surface area contributed by atoms with Gasteiger partial charge in [0.15, 0.2) is 0 Å². The summed E-state index contributed by atoms with van der Waals surface area (Å²) in [6.07, 6.45) is 0. The van der Waals surface area contributed by atoms with Crippen LogP contribution in [0.4, 0.5) is 17.1 Å². The Bertz CT molecular complexity index is 661. The fourth-order valence-corrected chi connectivity index (χ4v) is 2.23. The topological polar surface area (TPSA) is 67.2 Å². The number of carbonyl (C=O) groups is 1. The minimum absolute atomic E-state index is 0.177. The summed E-state index contributed by atoms with van der Waals surface area (Å²) in [6.45, 7) is 0. The van der Waals surface area contributed by atoms with Crippen molar-refractivity contribution >= 4 is 50.5 Å². The number of benzene rings is 2. The smallest absolute Gasteiger partial charge is 0.251 e. The number of amides is 1. The van der Waals surface area contributed by atoms with E-state index in [1.54, 1.807) is 31.3 Å². The van der Waals surface area contributed by atoms with E-state index in [0.717, 1.165) is 10.2 Å². The summed E-state index contributed by atoms with van der Waals surface area (Å²) in [6, 6.07) is 10.6. The summed E-state index contributed by atoms with van der Waals surface area (Å²) in [5.74, 6) is -0.177. The molecule has 20 heavy (non-hydrogen) atoms. The molecule has 0 saturated heterocycles. The highest BCUT2D eigenvalue weighted by Gasteiger charge is 2.08. The molecule has 4 nitrogen and oxygen atoms in total. The molecule has 2 rings (SSSR count). The van der Waals surface area contributed by atoms with Crippen molar-refractivity contribution in [2.24, 2.45) is 0 Å². The number of anilines is 3. The van der Waals surface area contributed by atoms with Crippen LogP contribution in [0.1, 0.15) is 10.4 Å². The average molecular weight is 355 g/mol. The average Bonchev–Trinajstić information content (AvgIpc) is 2.44. The Labute approximate surface area is 130 Å². The minimum Gasteiger partial charge on any atom is -0.397 e. The van der Waals surface area contributed by atoms with Crippen LogP contribution in [0, 0.1) is 0 Å². The molecule has 0 aliphatic rings. The summed E-state index contributed by atoms with van der Waals surface area (Å²) in [5.41, 5.74) is 8.37. The van der Waals surface area contributed by atoms with Gasteiger partial charge in [0.25, 0.3) is 5.91 Å². The quantitative estimate of drug-likeness (QED) is 0.735. The molecule has 1 amide bonds. The van der Waals surface area contributed by atoms with Gasteiger partial charge in [0.2, 0.25) is 0 Å². The third kappa shape index (κ3) is 3.23. The van der Waals surface area contributed by atoms with Crippen molar-refractivity contribution in [2.45, 2.75) is 0 Å². The van der Waals surface area contributed by atoms with Crippen LogP contribution in [0.5, 0.6) is 0 Å². The standard InChI is InChI=1S/C14H13BrClN3O/c1-18-14(20)8-2-5-12(11(17)6-8)19-13-7-9(15)3-4-10(13)16/h2-7,19H,17H2,1H3,(H,18,20). The van der Waals surface area contributed by atoms with E-state index in [9.17, 15) is 4.79 Å². The van der Waals surface area contributed by atoms with Gasteiger partial charge in [-0.15, -0.1) is 0 Å². The molecule has 0 aliphatic carbocycles. The highest BCUT2D eigenvalue weighted by atomic mass is 79.9. The zero-order chi connectivity index (χ0) is 14.7. The maximum absolute atomic E-state index is 11.5. The van der Waals surface area contributed by atoms with Gasteiger partial charge in [-0.3, -0.25) is 4.79 Å². The van der Waals surface area contributed by atoms with E-state index in [1.807, 2.05) is 12.1 Å². The van der Waals surface area contributed by atoms with Crippen LogP contribution in [0.15, 0.2) is 40.9 Å². The third-order valence-corrected chi connectivity index (χ3v) is 3.56. The summed E-state index contributed by atoms with van der Waals surface area (Å²) in [5, 5.41) is 6.28. The van der Waals surface area contributed by atoms with Crippen molar-refractivity contribution in [3.63, 3.8) is 0 Å². The lowest BCUT2D eigenvalue weighted by Crippen LogP contribution is -2.17. The van der Waals surface area contributed by atoms with E-state index in [1.165, 1.54) is 0 Å². The number of carbonyl (C=O) groups excluding carboxylic acids is 1. The Hall–Kier alpha value is -1.72. The van der Waals surface area contributed by atoms with Crippen molar-refractivity contribution < 1.29 is 4.79 Å². The molecule has 2 aromatic carbocycles. The second kappa shape index (κ2) is 6.15. The second-order valence-electron chi connectivity index (χ2n) is 4.13. The van der Waals surface area contributed by atoms with Gasteiger partial charge >= 0.3 is 0 Å². The van der Waals surface area contributed by atoms with Crippen LogP contribution in [-0.2, 0) is 0 Å². The largest absolute Gasteiger partial charge is 0.397 e. The van der Waals surface area contributed by atoms with Crippen LogP contribution in [0.3, 0.4) is 0 Å². The molecular formula is C14H13BrClN3O. The molecule has 6 heteroatoms. The molecule has 4 N–H and O–H groups in total. The van der Waals surface area contributed by atoms with Gasteiger partial charge in [-0.05, 0) is 36.4 Å². The number of nitrogens with two attached hydrogens (primary N) is 1. The van der Waals surface area contributed by atoms with Gasteiger partial charge in [-0.25, -0.2) is 0 Å². The first-order chi connectivity index (χ1) is 9.51. The summed E-state index contributed by atoms with van der Waals surface area (Å²) >= 11 is 9.50. The number of nitrogens with one attached hydrogen (secondary N) is 2. The van der Waals surface area contributed by atoms with Gasteiger partial charge in [0, 0.05) is 17.1 Å². The van der Waals surface area contributed by atoms with Gasteiger partial charge in [0.1, 0.15) is 0 Å². The number of rotatable bonds is 3. The lowest BCUT2D eigenvalue weighted by molar-refractivity contribution is 0.0963. The van der Waals surface area contributed by atoms with E-state index in [-0.39, 0.29) is 5.91 Å². The summed E-state index contributed by atoms with van der Waals surface area (Å²) < 4.78 is 0.907. The van der Waals surface area contributed by atoms with Crippen LogP contribution >= 0.6 is 27.5 Å². The Morgan fingerprint density at radius 1 is 1.20 bits per heavy atom. The Kier molecular flexibility index (Phi) is 4.52. The van der Waals surface area contributed by atoms with E-state index < -0.39 is 0 Å². The SMILES string of the molecule is CNC(=O)c1ccc(Nc2cc(Br)ccc2Cl)c(N)c1. The number of hydrogen-bond acceptors (Lipinski definition) is 3. The predicted octanol–water partition coefficient (Wildman–Crippen LogP) is 3.79. The van der Waals surface area contributed by atoms with Crippen molar-refractivity contribution in [3.8, 4) is 0 Å². The summed E-state index contributed by atoms with van der Waals surface area (Å²) in [4.78, 5) is 11.5. The molecule has 104 valence electrons. The van der Waals surface area contributed by atoms with E-state index in [2.05, 4.69) is 26.6 Å². The molecule has 0 saturated carbocycles. The second-order valence-corrected chi connectivity index (χ2v) is 5.45. The van der Waals surface area contributed by atoms with Crippen LogP contribution in [-0.4, -0.2) is 13.0 Å². The Morgan fingerprint density at radius 3 is 2.60 bits per heavy atom. The van der Waals surface area contributed by atoms with Gasteiger partial charge in [0.05, 0.1) is 22.1 Å².